The van der Waals surface area contributed by atoms with Crippen molar-refractivity contribution in [3.63, 3.8) is 0 Å². The second-order valence-corrected chi connectivity index (χ2v) is 6.51. The summed E-state index contributed by atoms with van der Waals surface area (Å²) in [6, 6.07) is 0. The van der Waals surface area contributed by atoms with Gasteiger partial charge in [0.05, 0.1) is 9.26 Å². The van der Waals surface area contributed by atoms with Crippen molar-refractivity contribution in [2.24, 2.45) is 0 Å². The number of aryl methyl sites for hydroxylation is 1. The topological polar surface area (TPSA) is 61.0 Å². The number of nitrogen functional groups attached to an aromatic ring is 1. The van der Waals surface area contributed by atoms with Crippen LogP contribution < -0.4 is 5.73 Å². The third kappa shape index (κ3) is 3.24. The van der Waals surface area contributed by atoms with Gasteiger partial charge in [-0.15, -0.1) is 0 Å². The molecule has 0 spiro atoms. The molecule has 0 unspecified atom stereocenters. The number of nitrogens with zero attached hydrogens (tertiary/aromatic N) is 2. The zero-order valence-corrected chi connectivity index (χ0v) is 14.6. The van der Waals surface area contributed by atoms with E-state index in [1.807, 2.05) is 6.92 Å². The van der Waals surface area contributed by atoms with Gasteiger partial charge in [-0.2, -0.15) is 0 Å². The fourth-order valence-electron chi connectivity index (χ4n) is 2.95. The average Bonchev–Trinajstić information content (AvgIpc) is 2.45. The third-order valence-electron chi connectivity index (χ3n) is 3.92. The number of halogens is 1. The van der Waals surface area contributed by atoms with E-state index in [4.69, 9.17) is 15.5 Å². The number of hydrogen-bond acceptors (Lipinski definition) is 4. The molecule has 1 aliphatic carbocycles. The van der Waals surface area contributed by atoms with E-state index in [0.717, 1.165) is 40.8 Å². The Balaban J connectivity index is 2.42. The number of anilines is 1. The van der Waals surface area contributed by atoms with Crippen LogP contribution in [0.15, 0.2) is 0 Å². The van der Waals surface area contributed by atoms with E-state index < -0.39 is 0 Å². The molecule has 112 valence electrons. The molecule has 1 heterocycles. The van der Waals surface area contributed by atoms with Gasteiger partial charge in [-0.25, -0.2) is 9.97 Å². The fraction of sp³-hybridized carbons (Fsp3) is 0.733. The summed E-state index contributed by atoms with van der Waals surface area (Å²) in [5.74, 6) is 1.41. The highest BCUT2D eigenvalue weighted by Crippen LogP contribution is 2.39. The van der Waals surface area contributed by atoms with E-state index in [1.165, 1.54) is 19.3 Å². The first-order valence-electron chi connectivity index (χ1n) is 7.59. The van der Waals surface area contributed by atoms with Crippen molar-refractivity contribution in [2.75, 3.05) is 12.3 Å². The molecule has 2 rings (SSSR count). The third-order valence-corrected chi connectivity index (χ3v) is 5.10. The van der Waals surface area contributed by atoms with Crippen LogP contribution >= 0.6 is 22.6 Å². The molecular weight excluding hydrogens is 365 g/mol. The van der Waals surface area contributed by atoms with E-state index in [2.05, 4.69) is 34.5 Å². The lowest BCUT2D eigenvalue weighted by Gasteiger charge is -2.35. The molecule has 0 atom stereocenters. The van der Waals surface area contributed by atoms with Gasteiger partial charge < -0.3 is 10.5 Å². The summed E-state index contributed by atoms with van der Waals surface area (Å²) in [7, 11) is 0. The van der Waals surface area contributed by atoms with Crippen LogP contribution in [0.2, 0.25) is 0 Å². The Morgan fingerprint density at radius 2 is 1.90 bits per heavy atom. The monoisotopic (exact) mass is 389 g/mol. The molecule has 1 aliphatic rings. The quantitative estimate of drug-likeness (QED) is 0.778. The Bertz CT molecular complexity index is 453. The lowest BCUT2D eigenvalue weighted by Crippen LogP contribution is -2.35. The number of ether oxygens (including phenoxy) is 1. The highest BCUT2D eigenvalue weighted by Gasteiger charge is 2.38. The fourth-order valence-corrected chi connectivity index (χ4v) is 3.46. The standard InChI is InChI=1S/C15H24IN3O/c1-3-8-11-12(16)13(17)19-14(18-11)15(20-4-2)9-6-5-7-10-15/h3-10H2,1-2H3,(H2,17,18,19). The molecular formula is C15H24IN3O. The van der Waals surface area contributed by atoms with Crippen LogP contribution in [0.5, 0.6) is 0 Å². The Hall–Kier alpha value is -0.430. The van der Waals surface area contributed by atoms with Crippen molar-refractivity contribution >= 4 is 28.4 Å². The van der Waals surface area contributed by atoms with Crippen molar-refractivity contribution < 1.29 is 4.74 Å². The van der Waals surface area contributed by atoms with Crippen LogP contribution in [-0.4, -0.2) is 16.6 Å². The van der Waals surface area contributed by atoms with Gasteiger partial charge in [0.1, 0.15) is 11.4 Å². The maximum Gasteiger partial charge on any atom is 0.162 e. The first kappa shape index (κ1) is 15.9. The van der Waals surface area contributed by atoms with Crippen molar-refractivity contribution in [1.29, 1.82) is 0 Å². The average molecular weight is 389 g/mol. The Morgan fingerprint density at radius 1 is 1.20 bits per heavy atom. The van der Waals surface area contributed by atoms with Crippen LogP contribution in [0.1, 0.15) is 63.9 Å². The minimum atomic E-state index is -0.312. The van der Waals surface area contributed by atoms with Crippen molar-refractivity contribution in [2.45, 2.75) is 64.4 Å². The number of nitrogens with two attached hydrogens (primary N) is 1. The first-order chi connectivity index (χ1) is 9.63. The second-order valence-electron chi connectivity index (χ2n) is 5.43. The molecule has 0 bridgehead atoms. The molecule has 0 amide bonds. The van der Waals surface area contributed by atoms with Crippen molar-refractivity contribution in [3.05, 3.63) is 15.1 Å². The zero-order valence-electron chi connectivity index (χ0n) is 12.4. The van der Waals surface area contributed by atoms with Gasteiger partial charge in [0.15, 0.2) is 5.82 Å². The summed E-state index contributed by atoms with van der Waals surface area (Å²) < 4.78 is 7.10. The Labute approximate surface area is 135 Å². The maximum absolute atomic E-state index is 6.10. The van der Waals surface area contributed by atoms with Gasteiger partial charge >= 0.3 is 0 Å². The molecule has 0 aliphatic heterocycles. The highest BCUT2D eigenvalue weighted by atomic mass is 127. The minimum Gasteiger partial charge on any atom is -0.383 e. The van der Waals surface area contributed by atoms with E-state index >= 15 is 0 Å². The van der Waals surface area contributed by atoms with Crippen molar-refractivity contribution in [1.82, 2.24) is 9.97 Å². The summed E-state index contributed by atoms with van der Waals surface area (Å²) in [5, 5.41) is 0. The van der Waals surface area contributed by atoms with E-state index in [1.54, 1.807) is 0 Å². The summed E-state index contributed by atoms with van der Waals surface area (Å²) in [6.07, 6.45) is 7.65. The van der Waals surface area contributed by atoms with E-state index in [9.17, 15) is 0 Å². The molecule has 1 aromatic rings. The largest absolute Gasteiger partial charge is 0.383 e. The minimum absolute atomic E-state index is 0.312. The molecule has 2 N–H and O–H groups in total. The number of rotatable bonds is 5. The van der Waals surface area contributed by atoms with Crippen molar-refractivity contribution in [3.8, 4) is 0 Å². The van der Waals surface area contributed by atoms with Crippen LogP contribution in [0.25, 0.3) is 0 Å². The highest BCUT2D eigenvalue weighted by molar-refractivity contribution is 14.1. The van der Waals surface area contributed by atoms with Gasteiger partial charge in [-0.3, -0.25) is 0 Å². The Kier molecular flexibility index (Phi) is 5.60. The number of aromatic nitrogens is 2. The van der Waals surface area contributed by atoms with Gasteiger partial charge in [0.25, 0.3) is 0 Å². The Morgan fingerprint density at radius 3 is 2.50 bits per heavy atom. The zero-order chi connectivity index (χ0) is 14.6. The van der Waals surface area contributed by atoms with Crippen LogP contribution in [0.4, 0.5) is 5.82 Å². The van der Waals surface area contributed by atoms with Gasteiger partial charge in [-0.1, -0.05) is 32.6 Å². The lowest BCUT2D eigenvalue weighted by molar-refractivity contribution is -0.0767. The van der Waals surface area contributed by atoms with Gasteiger partial charge in [-0.05, 0) is 48.8 Å². The van der Waals surface area contributed by atoms with Gasteiger partial charge in [0.2, 0.25) is 0 Å². The molecule has 1 fully saturated rings. The van der Waals surface area contributed by atoms with E-state index in [0.29, 0.717) is 12.4 Å². The normalized spacial score (nSPS) is 18.1. The lowest BCUT2D eigenvalue weighted by atomic mass is 9.83. The van der Waals surface area contributed by atoms with Crippen LogP contribution in [0, 0.1) is 3.57 Å². The predicted molar refractivity (Wildman–Crippen MR) is 89.5 cm³/mol. The first-order valence-corrected chi connectivity index (χ1v) is 8.67. The summed E-state index contributed by atoms with van der Waals surface area (Å²) >= 11 is 2.25. The molecule has 4 nitrogen and oxygen atoms in total. The summed E-state index contributed by atoms with van der Waals surface area (Å²) in [6.45, 7) is 4.89. The SMILES string of the molecule is CCCc1nc(C2(OCC)CCCCC2)nc(N)c1I. The van der Waals surface area contributed by atoms with E-state index in [-0.39, 0.29) is 5.60 Å². The molecule has 1 aromatic heterocycles. The smallest absolute Gasteiger partial charge is 0.162 e. The van der Waals surface area contributed by atoms with Crippen LogP contribution in [-0.2, 0) is 16.8 Å². The molecule has 0 radical (unpaired) electrons. The maximum atomic E-state index is 6.10. The summed E-state index contributed by atoms with van der Waals surface area (Å²) in [5.41, 5.74) is 6.86. The number of hydrogen-bond donors (Lipinski definition) is 1. The van der Waals surface area contributed by atoms with Crippen LogP contribution in [0.3, 0.4) is 0 Å². The molecule has 1 saturated carbocycles. The molecule has 20 heavy (non-hydrogen) atoms. The molecule has 5 heteroatoms. The van der Waals surface area contributed by atoms with Gasteiger partial charge in [0, 0.05) is 6.61 Å². The predicted octanol–water partition coefficient (Wildman–Crippen LogP) is 3.81. The molecule has 0 aromatic carbocycles. The molecule has 0 saturated heterocycles. The summed E-state index contributed by atoms with van der Waals surface area (Å²) in [4.78, 5) is 9.38. The second kappa shape index (κ2) is 7.02.